The van der Waals surface area contributed by atoms with Gasteiger partial charge in [-0.2, -0.15) is 5.10 Å². The molecule has 25 heavy (non-hydrogen) atoms. The van der Waals surface area contributed by atoms with Gasteiger partial charge in [0, 0.05) is 24.6 Å². The third-order valence-electron chi connectivity index (χ3n) is 3.75. The lowest BCUT2D eigenvalue weighted by Crippen LogP contribution is -2.52. The quantitative estimate of drug-likeness (QED) is 0.787. The molecule has 1 aromatic heterocycles. The molecule has 7 nitrogen and oxygen atoms in total. The maximum absolute atomic E-state index is 13.8. The first-order chi connectivity index (χ1) is 11.8. The van der Waals surface area contributed by atoms with Gasteiger partial charge in [-0.15, -0.1) is 0 Å². The predicted octanol–water partition coefficient (Wildman–Crippen LogP) is 1.68. The summed E-state index contributed by atoms with van der Waals surface area (Å²) >= 11 is 0. The number of anilines is 1. The van der Waals surface area contributed by atoms with Crippen molar-refractivity contribution < 1.29 is 18.4 Å². The van der Waals surface area contributed by atoms with Crippen molar-refractivity contribution in [1.82, 2.24) is 20.4 Å². The number of nitrogens with one attached hydrogen (secondary N) is 3. The fourth-order valence-electron chi connectivity index (χ4n) is 2.66. The van der Waals surface area contributed by atoms with Crippen molar-refractivity contribution in [1.29, 1.82) is 0 Å². The Balaban J connectivity index is 1.85. The zero-order valence-electron chi connectivity index (χ0n) is 13.6. The standard InChI is InChI=1S/C16H17F2N5O2/c1-8-6-14(24)21-16(19-8)23-13(5-9(2)22-23)20-15(25)11-4-3-10(17)7-12(11)18/h3-5,7-8,16,19H,6H2,1-2H3,(H,20,25)(H,21,24). The molecule has 1 saturated heterocycles. The lowest BCUT2D eigenvalue weighted by Gasteiger charge is -2.30. The Morgan fingerprint density at radius 3 is 2.80 bits per heavy atom. The van der Waals surface area contributed by atoms with E-state index in [0.29, 0.717) is 18.2 Å². The summed E-state index contributed by atoms with van der Waals surface area (Å²) < 4.78 is 28.2. The lowest BCUT2D eigenvalue weighted by atomic mass is 10.2. The SMILES string of the molecule is Cc1cc(NC(=O)c2ccc(F)cc2F)n(C2NC(=O)CC(C)N2)n1. The second kappa shape index (κ2) is 6.60. The van der Waals surface area contributed by atoms with Gasteiger partial charge in [0.1, 0.15) is 17.5 Å². The van der Waals surface area contributed by atoms with Crippen LogP contribution >= 0.6 is 0 Å². The van der Waals surface area contributed by atoms with Crippen LogP contribution in [0.25, 0.3) is 0 Å². The summed E-state index contributed by atoms with van der Waals surface area (Å²) in [6.07, 6.45) is -0.308. The summed E-state index contributed by atoms with van der Waals surface area (Å²) in [5, 5.41) is 12.7. The van der Waals surface area contributed by atoms with Gasteiger partial charge in [0.15, 0.2) is 6.29 Å². The molecule has 1 aliphatic rings. The molecular formula is C16H17F2N5O2. The zero-order valence-corrected chi connectivity index (χ0v) is 13.6. The summed E-state index contributed by atoms with van der Waals surface area (Å²) in [6, 6.07) is 4.23. The van der Waals surface area contributed by atoms with Crippen molar-refractivity contribution in [3.05, 3.63) is 47.2 Å². The number of benzene rings is 1. The first-order valence-corrected chi connectivity index (χ1v) is 7.71. The highest BCUT2D eigenvalue weighted by molar-refractivity contribution is 6.04. The summed E-state index contributed by atoms with van der Waals surface area (Å²) in [6.45, 7) is 3.58. The van der Waals surface area contributed by atoms with Crippen molar-refractivity contribution in [2.45, 2.75) is 32.6 Å². The van der Waals surface area contributed by atoms with E-state index in [1.54, 1.807) is 13.0 Å². The van der Waals surface area contributed by atoms with Crippen LogP contribution in [-0.4, -0.2) is 27.6 Å². The van der Waals surface area contributed by atoms with Gasteiger partial charge in [0.25, 0.3) is 5.91 Å². The minimum absolute atomic E-state index is 0.0682. The van der Waals surface area contributed by atoms with E-state index in [-0.39, 0.29) is 23.3 Å². The molecule has 0 spiro atoms. The Hall–Kier alpha value is -2.81. The van der Waals surface area contributed by atoms with E-state index in [0.717, 1.165) is 12.1 Å². The second-order valence-electron chi connectivity index (χ2n) is 5.94. The van der Waals surface area contributed by atoms with Crippen LogP contribution in [0.15, 0.2) is 24.3 Å². The molecule has 0 saturated carbocycles. The molecule has 2 unspecified atom stereocenters. The van der Waals surface area contributed by atoms with Crippen LogP contribution in [-0.2, 0) is 4.79 Å². The van der Waals surface area contributed by atoms with Crippen LogP contribution in [0, 0.1) is 18.6 Å². The van der Waals surface area contributed by atoms with Gasteiger partial charge in [0.05, 0.1) is 11.3 Å². The third kappa shape index (κ3) is 3.66. The van der Waals surface area contributed by atoms with Gasteiger partial charge >= 0.3 is 0 Å². The summed E-state index contributed by atoms with van der Waals surface area (Å²) in [7, 11) is 0. The van der Waals surface area contributed by atoms with E-state index >= 15 is 0 Å². The predicted molar refractivity (Wildman–Crippen MR) is 85.7 cm³/mol. The fraction of sp³-hybridized carbons (Fsp3) is 0.312. The molecule has 3 N–H and O–H groups in total. The molecule has 2 amide bonds. The van der Waals surface area contributed by atoms with Gasteiger partial charge in [-0.05, 0) is 26.0 Å². The summed E-state index contributed by atoms with van der Waals surface area (Å²) in [4.78, 5) is 24.0. The molecule has 0 bridgehead atoms. The fourth-order valence-corrected chi connectivity index (χ4v) is 2.66. The van der Waals surface area contributed by atoms with Gasteiger partial charge in [-0.3, -0.25) is 14.9 Å². The maximum atomic E-state index is 13.8. The van der Waals surface area contributed by atoms with Gasteiger partial charge < -0.3 is 10.6 Å². The van der Waals surface area contributed by atoms with Crippen molar-refractivity contribution in [3.8, 4) is 0 Å². The Morgan fingerprint density at radius 1 is 1.36 bits per heavy atom. The highest BCUT2D eigenvalue weighted by atomic mass is 19.1. The van der Waals surface area contributed by atoms with E-state index in [9.17, 15) is 18.4 Å². The Kier molecular flexibility index (Phi) is 4.49. The number of amides is 2. The third-order valence-corrected chi connectivity index (χ3v) is 3.75. The Labute approximate surface area is 142 Å². The van der Waals surface area contributed by atoms with E-state index in [2.05, 4.69) is 21.0 Å². The monoisotopic (exact) mass is 349 g/mol. The van der Waals surface area contributed by atoms with Crippen LogP contribution in [0.5, 0.6) is 0 Å². The molecule has 0 aliphatic carbocycles. The zero-order chi connectivity index (χ0) is 18.1. The maximum Gasteiger partial charge on any atom is 0.259 e. The largest absolute Gasteiger partial charge is 0.322 e. The average molecular weight is 349 g/mol. The Morgan fingerprint density at radius 2 is 2.12 bits per heavy atom. The van der Waals surface area contributed by atoms with E-state index in [1.165, 1.54) is 4.68 Å². The summed E-state index contributed by atoms with van der Waals surface area (Å²) in [5.41, 5.74) is 0.310. The van der Waals surface area contributed by atoms with Gasteiger partial charge in [-0.1, -0.05) is 0 Å². The topological polar surface area (TPSA) is 88.0 Å². The van der Waals surface area contributed by atoms with Crippen molar-refractivity contribution in [2.24, 2.45) is 0 Å². The van der Waals surface area contributed by atoms with Crippen LogP contribution in [0.2, 0.25) is 0 Å². The highest BCUT2D eigenvalue weighted by Gasteiger charge is 2.27. The molecule has 9 heteroatoms. The smallest absolute Gasteiger partial charge is 0.259 e. The number of hydrogen-bond acceptors (Lipinski definition) is 4. The molecule has 2 heterocycles. The molecule has 0 radical (unpaired) electrons. The van der Waals surface area contributed by atoms with Gasteiger partial charge in [-0.25, -0.2) is 13.5 Å². The normalized spacial score (nSPS) is 20.2. The van der Waals surface area contributed by atoms with Crippen molar-refractivity contribution in [2.75, 3.05) is 5.32 Å². The number of aromatic nitrogens is 2. The number of halogens is 2. The number of aryl methyl sites for hydroxylation is 1. The number of hydrogen-bond donors (Lipinski definition) is 3. The van der Waals surface area contributed by atoms with Crippen LogP contribution in [0.4, 0.5) is 14.6 Å². The second-order valence-corrected chi connectivity index (χ2v) is 5.94. The molecule has 1 aromatic carbocycles. The number of rotatable bonds is 3. The average Bonchev–Trinajstić information content (AvgIpc) is 2.86. The number of nitrogens with zero attached hydrogens (tertiary/aromatic N) is 2. The molecule has 3 rings (SSSR count). The Bertz CT molecular complexity index is 836. The first-order valence-electron chi connectivity index (χ1n) is 7.71. The molecule has 1 aliphatic heterocycles. The van der Waals surface area contributed by atoms with Crippen LogP contribution in [0.3, 0.4) is 0 Å². The van der Waals surface area contributed by atoms with E-state index in [4.69, 9.17) is 0 Å². The van der Waals surface area contributed by atoms with Crippen LogP contribution < -0.4 is 16.0 Å². The molecule has 132 valence electrons. The van der Waals surface area contributed by atoms with Gasteiger partial charge in [0.2, 0.25) is 5.91 Å². The van der Waals surface area contributed by atoms with Crippen molar-refractivity contribution >= 4 is 17.6 Å². The number of carbonyl (C=O) groups is 2. The minimum atomic E-state index is -0.960. The van der Waals surface area contributed by atoms with Crippen LogP contribution in [0.1, 0.15) is 35.7 Å². The first kappa shape index (κ1) is 17.0. The molecule has 2 atom stereocenters. The molecule has 2 aromatic rings. The van der Waals surface area contributed by atoms with E-state index < -0.39 is 23.8 Å². The highest BCUT2D eigenvalue weighted by Crippen LogP contribution is 2.19. The summed E-state index contributed by atoms with van der Waals surface area (Å²) in [5.74, 6) is -2.34. The van der Waals surface area contributed by atoms with Crippen molar-refractivity contribution in [3.63, 3.8) is 0 Å². The lowest BCUT2D eigenvalue weighted by molar-refractivity contribution is -0.125. The minimum Gasteiger partial charge on any atom is -0.322 e. The van der Waals surface area contributed by atoms with E-state index in [1.807, 2.05) is 6.92 Å². The molecule has 1 fully saturated rings. The number of carbonyl (C=O) groups excluding carboxylic acids is 2. The molecular weight excluding hydrogens is 332 g/mol.